The van der Waals surface area contributed by atoms with Gasteiger partial charge in [-0.2, -0.15) is 0 Å². The fraction of sp³-hybridized carbons (Fsp3) is 0.435. The van der Waals surface area contributed by atoms with Crippen LogP contribution in [0.3, 0.4) is 0 Å². The molecule has 0 saturated carbocycles. The molecule has 0 aliphatic rings. The molecule has 0 aliphatic heterocycles. The van der Waals surface area contributed by atoms with Crippen molar-refractivity contribution < 1.29 is 14.3 Å². The van der Waals surface area contributed by atoms with Crippen LogP contribution in [0.5, 0.6) is 5.75 Å². The number of hydrogen-bond donors (Lipinski definition) is 0. The average Bonchev–Trinajstić information content (AvgIpc) is 3.13. The lowest BCUT2D eigenvalue weighted by Gasteiger charge is -2.15. The molecule has 0 radical (unpaired) electrons. The van der Waals surface area contributed by atoms with Gasteiger partial charge in [-0.3, -0.25) is 14.2 Å². The molecule has 0 unspecified atom stereocenters. The number of carbonyl (C=O) groups excluding carboxylic acids is 1. The molecule has 0 aliphatic carbocycles. The smallest absolute Gasteiger partial charge is 0.305 e. The van der Waals surface area contributed by atoms with E-state index in [1.54, 1.807) is 23.0 Å². The maximum absolute atomic E-state index is 13.7. The average molecular weight is 429 g/mol. The zero-order chi connectivity index (χ0) is 21.8. The van der Waals surface area contributed by atoms with E-state index in [2.05, 4.69) is 6.92 Å². The molecule has 7 heteroatoms. The number of fused-ring (bicyclic) bond motifs is 1. The van der Waals surface area contributed by atoms with Crippen molar-refractivity contribution >= 4 is 27.5 Å². The Morgan fingerprint density at radius 3 is 2.67 bits per heavy atom. The minimum absolute atomic E-state index is 0.0534. The van der Waals surface area contributed by atoms with Crippen LogP contribution in [0.15, 0.2) is 29.1 Å². The van der Waals surface area contributed by atoms with E-state index in [1.807, 2.05) is 38.1 Å². The summed E-state index contributed by atoms with van der Waals surface area (Å²) in [4.78, 5) is 32.0. The Labute approximate surface area is 180 Å². The molecule has 0 spiro atoms. The molecule has 0 atom stereocenters. The van der Waals surface area contributed by atoms with Crippen molar-refractivity contribution in [1.29, 1.82) is 0 Å². The molecule has 1 aromatic carbocycles. The molecule has 2 heterocycles. The Bertz CT molecular complexity index is 1110. The van der Waals surface area contributed by atoms with Crippen molar-refractivity contribution in [2.45, 2.75) is 52.5 Å². The number of nitrogens with zero attached hydrogens (tertiary/aromatic N) is 2. The summed E-state index contributed by atoms with van der Waals surface area (Å²) in [5.41, 5.74) is 1.84. The van der Waals surface area contributed by atoms with Gasteiger partial charge >= 0.3 is 5.97 Å². The molecule has 2 aromatic heterocycles. The SMILES string of the molecule is CCc1sc2nc(C(C)C)n(CCCC(=O)OC)c(=O)c2c1-c1cccc(OC)c1. The quantitative estimate of drug-likeness (QED) is 0.483. The zero-order valence-corrected chi connectivity index (χ0v) is 19.0. The number of carbonyl (C=O) groups is 1. The van der Waals surface area contributed by atoms with Gasteiger partial charge < -0.3 is 9.47 Å². The molecule has 3 aromatic rings. The van der Waals surface area contributed by atoms with Crippen LogP contribution in [0.1, 0.15) is 50.2 Å². The minimum atomic E-state index is -0.274. The standard InChI is InChI=1S/C23H28N2O4S/c1-6-17-19(15-9-7-10-16(13-15)28-4)20-22(30-17)24-21(14(2)3)25(23(20)27)12-8-11-18(26)29-5/h7,9-10,13-14H,6,8,11-12H2,1-5H3. The molecule has 30 heavy (non-hydrogen) atoms. The third-order valence-corrected chi connectivity index (χ3v) is 6.33. The summed E-state index contributed by atoms with van der Waals surface area (Å²) in [7, 11) is 3.01. The van der Waals surface area contributed by atoms with Gasteiger partial charge in [-0.1, -0.05) is 32.9 Å². The predicted molar refractivity (Wildman–Crippen MR) is 121 cm³/mol. The number of aryl methyl sites for hydroxylation is 1. The summed E-state index contributed by atoms with van der Waals surface area (Å²) in [6.45, 7) is 6.58. The Hall–Kier alpha value is -2.67. The molecule has 0 N–H and O–H groups in total. The van der Waals surface area contributed by atoms with Gasteiger partial charge in [0.1, 0.15) is 16.4 Å². The molecule has 0 saturated heterocycles. The van der Waals surface area contributed by atoms with Gasteiger partial charge in [0.25, 0.3) is 5.56 Å². The number of thiophene rings is 1. The van der Waals surface area contributed by atoms with Crippen LogP contribution in [-0.2, 0) is 22.5 Å². The maximum Gasteiger partial charge on any atom is 0.305 e. The number of ether oxygens (including phenoxy) is 2. The summed E-state index contributed by atoms with van der Waals surface area (Å²) in [5.74, 6) is 1.31. The Kier molecular flexibility index (Phi) is 6.92. The lowest BCUT2D eigenvalue weighted by atomic mass is 10.0. The first-order valence-electron chi connectivity index (χ1n) is 10.2. The van der Waals surface area contributed by atoms with Crippen LogP contribution in [0.2, 0.25) is 0 Å². The fourth-order valence-electron chi connectivity index (χ4n) is 3.62. The third-order valence-electron chi connectivity index (χ3n) is 5.10. The molecular weight excluding hydrogens is 400 g/mol. The number of benzene rings is 1. The monoisotopic (exact) mass is 428 g/mol. The third kappa shape index (κ3) is 4.26. The van der Waals surface area contributed by atoms with Crippen LogP contribution in [0.25, 0.3) is 21.3 Å². The molecule has 0 bridgehead atoms. The first kappa shape index (κ1) is 22.0. The van der Waals surface area contributed by atoms with Crippen LogP contribution < -0.4 is 10.3 Å². The van der Waals surface area contributed by atoms with E-state index in [0.29, 0.717) is 18.4 Å². The van der Waals surface area contributed by atoms with Gasteiger partial charge in [0.05, 0.1) is 19.6 Å². The topological polar surface area (TPSA) is 70.4 Å². The Morgan fingerprint density at radius 1 is 1.27 bits per heavy atom. The number of hydrogen-bond acceptors (Lipinski definition) is 6. The van der Waals surface area contributed by atoms with Crippen LogP contribution >= 0.6 is 11.3 Å². The first-order valence-corrected chi connectivity index (χ1v) is 11.0. The van der Waals surface area contributed by atoms with Gasteiger partial charge in [0.15, 0.2) is 0 Å². The van der Waals surface area contributed by atoms with Gasteiger partial charge in [-0.25, -0.2) is 4.98 Å². The van der Waals surface area contributed by atoms with Gasteiger partial charge in [-0.05, 0) is 30.5 Å². The van der Waals surface area contributed by atoms with Gasteiger partial charge in [0, 0.05) is 29.3 Å². The van der Waals surface area contributed by atoms with E-state index in [-0.39, 0.29) is 23.9 Å². The Balaban J connectivity index is 2.21. The second-order valence-electron chi connectivity index (χ2n) is 7.43. The van der Waals surface area contributed by atoms with Crippen LogP contribution in [0.4, 0.5) is 0 Å². The molecular formula is C23H28N2O4S. The van der Waals surface area contributed by atoms with Crippen molar-refractivity contribution in [3.05, 3.63) is 45.3 Å². The highest BCUT2D eigenvalue weighted by atomic mass is 32.1. The van der Waals surface area contributed by atoms with Crippen LogP contribution in [0, 0.1) is 0 Å². The molecule has 160 valence electrons. The first-order chi connectivity index (χ1) is 14.4. The normalized spacial score (nSPS) is 11.3. The van der Waals surface area contributed by atoms with Crippen molar-refractivity contribution in [2.24, 2.45) is 0 Å². The van der Waals surface area contributed by atoms with Crippen molar-refractivity contribution in [1.82, 2.24) is 9.55 Å². The Morgan fingerprint density at radius 2 is 2.03 bits per heavy atom. The highest BCUT2D eigenvalue weighted by molar-refractivity contribution is 7.19. The van der Waals surface area contributed by atoms with Crippen LogP contribution in [-0.4, -0.2) is 29.7 Å². The number of aromatic nitrogens is 2. The maximum atomic E-state index is 13.7. The second kappa shape index (κ2) is 9.43. The van der Waals surface area contributed by atoms with Crippen molar-refractivity contribution in [3.8, 4) is 16.9 Å². The summed E-state index contributed by atoms with van der Waals surface area (Å²) in [6.07, 6.45) is 1.61. The largest absolute Gasteiger partial charge is 0.497 e. The molecule has 0 fully saturated rings. The van der Waals surface area contributed by atoms with E-state index in [0.717, 1.165) is 38.8 Å². The lowest BCUT2D eigenvalue weighted by molar-refractivity contribution is -0.140. The van der Waals surface area contributed by atoms with E-state index in [1.165, 1.54) is 7.11 Å². The molecule has 3 rings (SSSR count). The summed E-state index contributed by atoms with van der Waals surface area (Å²) in [5, 5.41) is 0.646. The van der Waals surface area contributed by atoms with E-state index in [4.69, 9.17) is 14.5 Å². The van der Waals surface area contributed by atoms with E-state index in [9.17, 15) is 9.59 Å². The minimum Gasteiger partial charge on any atom is -0.497 e. The van der Waals surface area contributed by atoms with Gasteiger partial charge in [0.2, 0.25) is 0 Å². The predicted octanol–water partition coefficient (Wildman–Crippen LogP) is 4.77. The lowest BCUT2D eigenvalue weighted by Crippen LogP contribution is -2.26. The van der Waals surface area contributed by atoms with Gasteiger partial charge in [-0.15, -0.1) is 11.3 Å². The summed E-state index contributed by atoms with van der Waals surface area (Å²) >= 11 is 1.58. The molecule has 6 nitrogen and oxygen atoms in total. The van der Waals surface area contributed by atoms with E-state index >= 15 is 0 Å². The van der Waals surface area contributed by atoms with Crippen molar-refractivity contribution in [3.63, 3.8) is 0 Å². The fourth-order valence-corrected chi connectivity index (χ4v) is 4.75. The second-order valence-corrected chi connectivity index (χ2v) is 8.51. The summed E-state index contributed by atoms with van der Waals surface area (Å²) < 4.78 is 11.8. The number of esters is 1. The number of rotatable bonds is 8. The van der Waals surface area contributed by atoms with E-state index < -0.39 is 0 Å². The highest BCUT2D eigenvalue weighted by Crippen LogP contribution is 2.38. The van der Waals surface area contributed by atoms with Crippen molar-refractivity contribution in [2.75, 3.05) is 14.2 Å². The zero-order valence-electron chi connectivity index (χ0n) is 18.2. The number of methoxy groups -OCH3 is 2. The summed E-state index contributed by atoms with van der Waals surface area (Å²) in [6, 6.07) is 7.78. The molecule has 0 amide bonds. The highest BCUT2D eigenvalue weighted by Gasteiger charge is 2.22.